The van der Waals surface area contributed by atoms with Gasteiger partial charge in [0.15, 0.2) is 5.11 Å². The van der Waals surface area contributed by atoms with Crippen molar-refractivity contribution in [2.24, 2.45) is 0 Å². The second-order valence-corrected chi connectivity index (χ2v) is 8.95. The van der Waals surface area contributed by atoms with Gasteiger partial charge in [0.2, 0.25) is 5.82 Å². The molecule has 1 aromatic heterocycles. The summed E-state index contributed by atoms with van der Waals surface area (Å²) in [4.78, 5) is 6.72. The van der Waals surface area contributed by atoms with Crippen LogP contribution in [0.25, 0.3) is 17.0 Å². The van der Waals surface area contributed by atoms with Gasteiger partial charge in [-0.15, -0.1) is 0 Å². The number of nitrogens with zero attached hydrogens (tertiary/aromatic N) is 3. The fraction of sp³-hybridized carbons (Fsp3) is 0.346. The summed E-state index contributed by atoms with van der Waals surface area (Å²) in [7, 11) is 0. The van der Waals surface area contributed by atoms with Gasteiger partial charge in [-0.05, 0) is 80.9 Å². The molecule has 0 saturated carbocycles. The number of rotatable bonds is 7. The molecule has 5 rings (SSSR count). The lowest BCUT2D eigenvalue weighted by Gasteiger charge is -2.38. The largest absolute Gasteiger partial charge is 0.494 e. The summed E-state index contributed by atoms with van der Waals surface area (Å²) in [5.74, 6) is 1.27. The van der Waals surface area contributed by atoms with E-state index in [1.54, 1.807) is 6.07 Å². The van der Waals surface area contributed by atoms with Crippen LogP contribution >= 0.6 is 12.2 Å². The quantitative estimate of drug-likeness (QED) is 0.454. The molecule has 0 bridgehead atoms. The molecule has 1 saturated heterocycles. The Hall–Kier alpha value is -3.30. The summed E-state index contributed by atoms with van der Waals surface area (Å²) in [6, 6.07) is 13.5. The van der Waals surface area contributed by atoms with Crippen LogP contribution in [-0.2, 0) is 4.74 Å². The smallest absolute Gasteiger partial charge is 0.258 e. The molecule has 0 radical (unpaired) electrons. The number of aromatic nitrogens is 2. The average molecular weight is 495 g/mol. The lowest BCUT2D eigenvalue weighted by molar-refractivity contribution is 0.0962. The maximum atomic E-state index is 14.1. The molecule has 7 nitrogen and oxygen atoms in total. The topological polar surface area (TPSA) is 72.7 Å². The van der Waals surface area contributed by atoms with Crippen LogP contribution in [0.1, 0.15) is 44.2 Å². The first-order chi connectivity index (χ1) is 17.0. The van der Waals surface area contributed by atoms with E-state index in [1.165, 1.54) is 12.1 Å². The zero-order chi connectivity index (χ0) is 24.4. The van der Waals surface area contributed by atoms with Crippen LogP contribution in [0.15, 0.2) is 58.8 Å². The van der Waals surface area contributed by atoms with E-state index in [0.717, 1.165) is 47.6 Å². The molecule has 1 N–H and O–H groups in total. The Morgan fingerprint density at radius 3 is 2.77 bits per heavy atom. The van der Waals surface area contributed by atoms with Gasteiger partial charge in [-0.25, -0.2) is 4.39 Å². The van der Waals surface area contributed by atoms with Crippen LogP contribution in [0.3, 0.4) is 0 Å². The molecule has 3 heterocycles. The Labute approximate surface area is 208 Å². The second-order valence-electron chi connectivity index (χ2n) is 8.56. The monoisotopic (exact) mass is 494 g/mol. The normalized spacial score (nSPS) is 20.3. The van der Waals surface area contributed by atoms with Crippen LogP contribution < -0.4 is 10.1 Å². The van der Waals surface area contributed by atoms with Gasteiger partial charge in [0, 0.05) is 17.9 Å². The minimum atomic E-state index is -0.437. The van der Waals surface area contributed by atoms with Crippen LogP contribution in [0.2, 0.25) is 0 Å². The Morgan fingerprint density at radius 1 is 1.23 bits per heavy atom. The molecule has 1 fully saturated rings. The molecule has 2 atom stereocenters. The molecule has 2 aromatic carbocycles. The standard InChI is InChI=1S/C26H27FN4O3S/c1-3-32-20-11-9-17(10-12-20)24-29-25(34-30-24)22-16(2)31(15-21-8-5-13-33-21)26(35)28-23(22)18-6-4-7-19(27)14-18/h4,6-7,9-12,14,21,23H,3,5,8,13,15H2,1-2H3,(H,28,35). The summed E-state index contributed by atoms with van der Waals surface area (Å²) in [6.45, 7) is 5.89. The zero-order valence-corrected chi connectivity index (χ0v) is 20.5. The maximum absolute atomic E-state index is 14.1. The van der Waals surface area contributed by atoms with E-state index >= 15 is 0 Å². The van der Waals surface area contributed by atoms with Crippen LogP contribution in [0.4, 0.5) is 4.39 Å². The van der Waals surface area contributed by atoms with E-state index in [9.17, 15) is 4.39 Å². The predicted molar refractivity (Wildman–Crippen MR) is 134 cm³/mol. The van der Waals surface area contributed by atoms with Gasteiger partial charge in [0.05, 0.1) is 30.9 Å². The molecular weight excluding hydrogens is 467 g/mol. The van der Waals surface area contributed by atoms with Crippen molar-refractivity contribution in [3.8, 4) is 17.1 Å². The van der Waals surface area contributed by atoms with Crippen molar-refractivity contribution in [3.05, 3.63) is 71.5 Å². The Kier molecular flexibility index (Phi) is 6.79. The Balaban J connectivity index is 1.53. The average Bonchev–Trinajstić information content (AvgIpc) is 3.55. The van der Waals surface area contributed by atoms with Gasteiger partial charge in [-0.3, -0.25) is 0 Å². The molecule has 2 aliphatic rings. The van der Waals surface area contributed by atoms with E-state index in [4.69, 9.17) is 31.2 Å². The van der Waals surface area contributed by atoms with E-state index in [0.29, 0.717) is 30.0 Å². The van der Waals surface area contributed by atoms with E-state index in [1.807, 2.05) is 49.1 Å². The molecule has 3 aromatic rings. The molecule has 2 unspecified atom stereocenters. The summed E-state index contributed by atoms with van der Waals surface area (Å²) in [5.41, 5.74) is 3.16. The highest BCUT2D eigenvalue weighted by molar-refractivity contribution is 7.80. The van der Waals surface area contributed by atoms with Gasteiger partial charge in [0.25, 0.3) is 5.89 Å². The maximum Gasteiger partial charge on any atom is 0.258 e. The fourth-order valence-electron chi connectivity index (χ4n) is 4.52. The first-order valence-corrected chi connectivity index (χ1v) is 12.2. The number of hydrogen-bond acceptors (Lipinski definition) is 6. The number of nitrogens with one attached hydrogen (secondary N) is 1. The third-order valence-electron chi connectivity index (χ3n) is 6.27. The molecular formula is C26H27FN4O3S. The number of benzene rings is 2. The molecule has 0 aliphatic carbocycles. The number of ether oxygens (including phenoxy) is 2. The van der Waals surface area contributed by atoms with Crippen molar-refractivity contribution in [1.82, 2.24) is 20.4 Å². The predicted octanol–water partition coefficient (Wildman–Crippen LogP) is 5.12. The second kappa shape index (κ2) is 10.1. The van der Waals surface area contributed by atoms with Crippen molar-refractivity contribution in [2.75, 3.05) is 19.8 Å². The molecule has 182 valence electrons. The lowest BCUT2D eigenvalue weighted by atomic mass is 9.94. The number of hydrogen-bond donors (Lipinski definition) is 1. The van der Waals surface area contributed by atoms with Crippen molar-refractivity contribution in [1.29, 1.82) is 0 Å². The minimum absolute atomic E-state index is 0.0961. The van der Waals surface area contributed by atoms with Gasteiger partial charge in [0.1, 0.15) is 11.6 Å². The van der Waals surface area contributed by atoms with Gasteiger partial charge in [-0.1, -0.05) is 17.3 Å². The van der Waals surface area contributed by atoms with Crippen molar-refractivity contribution in [3.63, 3.8) is 0 Å². The SMILES string of the molecule is CCOc1ccc(-c2noc(C3=C(C)N(CC4CCCO4)C(=S)NC3c3cccc(F)c3)n2)cc1. The van der Waals surface area contributed by atoms with Crippen LogP contribution in [-0.4, -0.2) is 46.0 Å². The summed E-state index contributed by atoms with van der Waals surface area (Å²) in [5, 5.41) is 8.15. The van der Waals surface area contributed by atoms with Crippen molar-refractivity contribution < 1.29 is 18.4 Å². The number of thiocarbonyl (C=S) groups is 1. The first kappa shape index (κ1) is 23.4. The Morgan fingerprint density at radius 2 is 2.06 bits per heavy atom. The van der Waals surface area contributed by atoms with Crippen LogP contribution in [0.5, 0.6) is 5.75 Å². The highest BCUT2D eigenvalue weighted by Gasteiger charge is 2.35. The van der Waals surface area contributed by atoms with Gasteiger partial charge in [-0.2, -0.15) is 4.98 Å². The molecule has 9 heteroatoms. The lowest BCUT2D eigenvalue weighted by Crippen LogP contribution is -2.48. The third-order valence-corrected chi connectivity index (χ3v) is 6.61. The number of halogens is 1. The fourth-order valence-corrected chi connectivity index (χ4v) is 4.85. The van der Waals surface area contributed by atoms with Crippen molar-refractivity contribution >= 4 is 22.9 Å². The van der Waals surface area contributed by atoms with E-state index in [2.05, 4.69) is 10.5 Å². The first-order valence-electron chi connectivity index (χ1n) is 11.8. The summed E-state index contributed by atoms with van der Waals surface area (Å²) in [6.07, 6.45) is 2.12. The van der Waals surface area contributed by atoms with Gasteiger partial charge < -0.3 is 24.2 Å². The van der Waals surface area contributed by atoms with Crippen LogP contribution in [0, 0.1) is 5.82 Å². The summed E-state index contributed by atoms with van der Waals surface area (Å²) >= 11 is 5.72. The zero-order valence-electron chi connectivity index (χ0n) is 19.7. The molecule has 2 aliphatic heterocycles. The van der Waals surface area contributed by atoms with E-state index < -0.39 is 6.04 Å². The minimum Gasteiger partial charge on any atom is -0.494 e. The molecule has 0 spiro atoms. The number of allylic oxidation sites excluding steroid dienone is 1. The molecule has 35 heavy (non-hydrogen) atoms. The highest BCUT2D eigenvalue weighted by Crippen LogP contribution is 2.38. The van der Waals surface area contributed by atoms with E-state index in [-0.39, 0.29) is 11.9 Å². The van der Waals surface area contributed by atoms with Crippen molar-refractivity contribution in [2.45, 2.75) is 38.8 Å². The molecule has 0 amide bonds. The van der Waals surface area contributed by atoms with Gasteiger partial charge >= 0.3 is 0 Å². The third kappa shape index (κ3) is 4.92. The summed E-state index contributed by atoms with van der Waals surface area (Å²) < 4.78 is 31.3. The highest BCUT2D eigenvalue weighted by atomic mass is 32.1. The Bertz CT molecular complexity index is 1240.